The Morgan fingerprint density at radius 1 is 0.545 bits per heavy atom. The molecule has 6 aromatic carbocycles. The van der Waals surface area contributed by atoms with Gasteiger partial charge < -0.3 is 0 Å². The Balaban J connectivity index is 1.28. The van der Waals surface area contributed by atoms with E-state index in [0.29, 0.717) is 5.92 Å². The van der Waals surface area contributed by atoms with Crippen LogP contribution in [-0.4, -0.2) is 19.1 Å². The minimum atomic E-state index is 0.177. The van der Waals surface area contributed by atoms with Crippen molar-refractivity contribution in [2.75, 3.05) is 0 Å². The topological polar surface area (TPSA) is 35.6 Å². The molecule has 8 aromatic rings. The molecule has 0 aliphatic heterocycles. The lowest BCUT2D eigenvalue weighted by Crippen LogP contribution is -2.08. The van der Waals surface area contributed by atoms with Crippen molar-refractivity contribution in [1.29, 1.82) is 0 Å². The van der Waals surface area contributed by atoms with Crippen LogP contribution in [0, 0.1) is 0 Å². The molecule has 2 aromatic heterocycles. The van der Waals surface area contributed by atoms with Gasteiger partial charge in [0.15, 0.2) is 0 Å². The number of nitrogens with zero attached hydrogens (tertiary/aromatic N) is 4. The van der Waals surface area contributed by atoms with Gasteiger partial charge in [0.2, 0.25) is 0 Å². The van der Waals surface area contributed by atoms with E-state index in [0.717, 1.165) is 46.0 Å². The number of para-hydroxylation sites is 2. The average Bonchev–Trinajstić information content (AvgIpc) is 3.66. The largest absolute Gasteiger partial charge is 0.296 e. The molecule has 44 heavy (non-hydrogen) atoms. The van der Waals surface area contributed by atoms with Crippen molar-refractivity contribution in [2.24, 2.45) is 0 Å². The molecule has 0 amide bonds. The molecule has 0 radical (unpaired) electrons. The van der Waals surface area contributed by atoms with Crippen LogP contribution < -0.4 is 0 Å². The van der Waals surface area contributed by atoms with Gasteiger partial charge >= 0.3 is 0 Å². The molecule has 0 fully saturated rings. The van der Waals surface area contributed by atoms with Crippen LogP contribution in [0.4, 0.5) is 0 Å². The van der Waals surface area contributed by atoms with Crippen molar-refractivity contribution in [3.63, 3.8) is 0 Å². The van der Waals surface area contributed by atoms with Gasteiger partial charge in [0.1, 0.15) is 11.6 Å². The molecule has 0 spiro atoms. The number of aromatic nitrogens is 4. The first-order valence-electron chi connectivity index (χ1n) is 15.5. The first-order valence-corrected chi connectivity index (χ1v) is 15.5. The van der Waals surface area contributed by atoms with Crippen LogP contribution >= 0.6 is 0 Å². The number of fused-ring (bicyclic) bond motifs is 6. The van der Waals surface area contributed by atoms with Gasteiger partial charge in [0.25, 0.3) is 0 Å². The maximum absolute atomic E-state index is 5.28. The second-order valence-corrected chi connectivity index (χ2v) is 12.1. The third kappa shape index (κ3) is 4.21. The van der Waals surface area contributed by atoms with Gasteiger partial charge in [-0.1, -0.05) is 112 Å². The van der Waals surface area contributed by atoms with Crippen molar-refractivity contribution in [2.45, 2.75) is 39.0 Å². The molecular formula is C40H34N4. The molecule has 1 unspecified atom stereocenters. The highest BCUT2D eigenvalue weighted by molar-refractivity contribution is 6.07. The Bertz CT molecular complexity index is 2290. The normalized spacial score (nSPS) is 12.6. The fourth-order valence-corrected chi connectivity index (χ4v) is 6.84. The highest BCUT2D eigenvalue weighted by Gasteiger charge is 2.22. The van der Waals surface area contributed by atoms with Gasteiger partial charge in [-0.05, 0) is 59.2 Å². The third-order valence-corrected chi connectivity index (χ3v) is 8.88. The Labute approximate surface area is 257 Å². The van der Waals surface area contributed by atoms with Crippen molar-refractivity contribution >= 4 is 43.6 Å². The highest BCUT2D eigenvalue weighted by atomic mass is 15.1. The molecular weight excluding hydrogens is 536 g/mol. The summed E-state index contributed by atoms with van der Waals surface area (Å²) in [4.78, 5) is 10.5. The van der Waals surface area contributed by atoms with Crippen molar-refractivity contribution in [1.82, 2.24) is 19.1 Å². The van der Waals surface area contributed by atoms with Gasteiger partial charge in [0.05, 0.1) is 22.1 Å². The van der Waals surface area contributed by atoms with Crippen LogP contribution in [0.15, 0.2) is 127 Å². The predicted octanol–water partition coefficient (Wildman–Crippen LogP) is 10.1. The Morgan fingerprint density at radius 2 is 1.23 bits per heavy atom. The van der Waals surface area contributed by atoms with E-state index in [1.54, 1.807) is 0 Å². The predicted molar refractivity (Wildman–Crippen MR) is 183 cm³/mol. The van der Waals surface area contributed by atoms with E-state index < -0.39 is 0 Å². The van der Waals surface area contributed by atoms with E-state index in [1.165, 1.54) is 32.6 Å². The van der Waals surface area contributed by atoms with Crippen molar-refractivity contribution in [3.8, 4) is 11.4 Å². The van der Waals surface area contributed by atoms with Crippen LogP contribution in [0.2, 0.25) is 0 Å². The van der Waals surface area contributed by atoms with Crippen LogP contribution in [-0.2, 0) is 6.42 Å². The van der Waals surface area contributed by atoms with Gasteiger partial charge in [-0.2, -0.15) is 0 Å². The van der Waals surface area contributed by atoms with E-state index in [-0.39, 0.29) is 5.92 Å². The standard InChI is InChI=1S/C40H34N4/c1-26(2)39-42-37-34-20-12-14-29(32(34)22-24-36(37)43(39)30-15-6-4-7-16-30)25-27(3)40-41-35-23-21-28-13-10-11-19-33(28)38(35)44(40)31-17-8-5-9-18-31/h4-24,26-27H,25H2,1-3H3. The van der Waals surface area contributed by atoms with E-state index >= 15 is 0 Å². The SMILES string of the molecule is CC(C)c1nc2c3cccc(CC(C)c4nc5ccc6ccccc6c5n4-c4ccccc4)c3ccc2n1-c1ccccc1. The van der Waals surface area contributed by atoms with Crippen LogP contribution in [0.3, 0.4) is 0 Å². The number of rotatable bonds is 6. The summed E-state index contributed by atoms with van der Waals surface area (Å²) < 4.78 is 4.70. The zero-order valence-electron chi connectivity index (χ0n) is 25.3. The smallest absolute Gasteiger partial charge is 0.117 e. The molecule has 0 aliphatic carbocycles. The molecule has 0 bridgehead atoms. The molecule has 214 valence electrons. The van der Waals surface area contributed by atoms with Gasteiger partial charge in [0, 0.05) is 34.0 Å². The zero-order valence-corrected chi connectivity index (χ0v) is 25.3. The summed E-state index contributed by atoms with van der Waals surface area (Å²) >= 11 is 0. The lowest BCUT2D eigenvalue weighted by Gasteiger charge is -2.17. The highest BCUT2D eigenvalue weighted by Crippen LogP contribution is 2.36. The Kier molecular flexibility index (Phi) is 6.30. The van der Waals surface area contributed by atoms with Crippen molar-refractivity contribution < 1.29 is 0 Å². The van der Waals surface area contributed by atoms with Crippen LogP contribution in [0.5, 0.6) is 0 Å². The summed E-state index contributed by atoms with van der Waals surface area (Å²) in [7, 11) is 0. The first kappa shape index (κ1) is 26.4. The lowest BCUT2D eigenvalue weighted by molar-refractivity contribution is 0.691. The maximum Gasteiger partial charge on any atom is 0.117 e. The first-order chi connectivity index (χ1) is 21.6. The molecule has 4 heteroatoms. The van der Waals surface area contributed by atoms with E-state index in [2.05, 4.69) is 157 Å². The number of hydrogen-bond donors (Lipinski definition) is 0. The number of imidazole rings is 2. The van der Waals surface area contributed by atoms with E-state index in [9.17, 15) is 0 Å². The summed E-state index contributed by atoms with van der Waals surface area (Å²) in [5, 5.41) is 4.91. The second-order valence-electron chi connectivity index (χ2n) is 12.1. The number of benzene rings is 6. The molecule has 4 nitrogen and oxygen atoms in total. The quantitative estimate of drug-likeness (QED) is 0.199. The number of hydrogen-bond acceptors (Lipinski definition) is 2. The minimum Gasteiger partial charge on any atom is -0.296 e. The summed E-state index contributed by atoms with van der Waals surface area (Å²) in [5.41, 5.74) is 8.01. The molecule has 0 N–H and O–H groups in total. The summed E-state index contributed by atoms with van der Waals surface area (Å²) in [6, 6.07) is 45.4. The zero-order chi connectivity index (χ0) is 29.8. The van der Waals surface area contributed by atoms with Crippen LogP contribution in [0.25, 0.3) is 55.0 Å². The summed E-state index contributed by atoms with van der Waals surface area (Å²) in [5.74, 6) is 2.64. The molecule has 2 heterocycles. The fraction of sp³-hybridized carbons (Fsp3) is 0.150. The molecule has 0 saturated heterocycles. The molecule has 8 rings (SSSR count). The van der Waals surface area contributed by atoms with Gasteiger partial charge in [-0.25, -0.2) is 9.97 Å². The fourth-order valence-electron chi connectivity index (χ4n) is 6.84. The Hall–Kier alpha value is -5.22. The van der Waals surface area contributed by atoms with E-state index in [1.807, 2.05) is 0 Å². The molecule has 1 atom stereocenters. The summed E-state index contributed by atoms with van der Waals surface area (Å²) in [6.07, 6.45) is 0.868. The molecule has 0 saturated carbocycles. The second kappa shape index (κ2) is 10.5. The van der Waals surface area contributed by atoms with Crippen molar-refractivity contribution in [3.05, 3.63) is 145 Å². The van der Waals surface area contributed by atoms with E-state index in [4.69, 9.17) is 9.97 Å². The third-order valence-electron chi connectivity index (χ3n) is 8.88. The lowest BCUT2D eigenvalue weighted by atomic mass is 9.94. The van der Waals surface area contributed by atoms with Gasteiger partial charge in [-0.3, -0.25) is 9.13 Å². The minimum absolute atomic E-state index is 0.177. The maximum atomic E-state index is 5.28. The van der Waals surface area contributed by atoms with Gasteiger partial charge in [-0.15, -0.1) is 0 Å². The Morgan fingerprint density at radius 3 is 1.98 bits per heavy atom. The monoisotopic (exact) mass is 570 g/mol. The molecule has 0 aliphatic rings. The average molecular weight is 571 g/mol. The van der Waals surface area contributed by atoms with Crippen LogP contribution in [0.1, 0.15) is 49.8 Å². The summed E-state index contributed by atoms with van der Waals surface area (Å²) in [6.45, 7) is 6.75.